The van der Waals surface area contributed by atoms with Crippen molar-refractivity contribution in [1.29, 1.82) is 0 Å². The molecule has 0 saturated heterocycles. The molecule has 0 spiro atoms. The van der Waals surface area contributed by atoms with E-state index in [-0.39, 0.29) is 17.8 Å². The zero-order valence-corrected chi connectivity index (χ0v) is 13.2. The maximum absolute atomic E-state index is 13.4. The van der Waals surface area contributed by atoms with Crippen LogP contribution in [0.25, 0.3) is 0 Å². The monoisotopic (exact) mass is 347 g/mol. The molecule has 0 radical (unpaired) electrons. The van der Waals surface area contributed by atoms with Crippen molar-refractivity contribution in [3.8, 4) is 0 Å². The zero-order chi connectivity index (χ0) is 15.0. The van der Waals surface area contributed by atoms with Crippen LogP contribution in [0.3, 0.4) is 0 Å². The van der Waals surface area contributed by atoms with Crippen LogP contribution in [0.4, 0.5) is 10.1 Å². The Hall–Kier alpha value is -1.68. The van der Waals surface area contributed by atoms with Gasteiger partial charge in [0.15, 0.2) is 0 Å². The summed E-state index contributed by atoms with van der Waals surface area (Å²) >= 11 is 3.37. The molecule has 1 aliphatic rings. The van der Waals surface area contributed by atoms with Gasteiger partial charge in [0.2, 0.25) is 0 Å². The lowest BCUT2D eigenvalue weighted by Gasteiger charge is -2.35. The number of rotatable bonds is 1. The van der Waals surface area contributed by atoms with E-state index in [2.05, 4.69) is 15.9 Å². The molecule has 1 heterocycles. The van der Waals surface area contributed by atoms with Crippen molar-refractivity contribution in [2.75, 3.05) is 4.90 Å². The Labute approximate surface area is 131 Å². The van der Waals surface area contributed by atoms with Gasteiger partial charge in [-0.15, -0.1) is 0 Å². The third kappa shape index (κ3) is 2.72. The molecule has 0 aliphatic carbocycles. The van der Waals surface area contributed by atoms with Gasteiger partial charge in [0.05, 0.1) is 0 Å². The summed E-state index contributed by atoms with van der Waals surface area (Å²) in [6.07, 6.45) is 1.65. The molecule has 21 heavy (non-hydrogen) atoms. The molecule has 1 unspecified atom stereocenters. The number of halogens is 2. The first-order chi connectivity index (χ1) is 10.1. The number of anilines is 1. The van der Waals surface area contributed by atoms with E-state index < -0.39 is 0 Å². The van der Waals surface area contributed by atoms with Crippen molar-refractivity contribution >= 4 is 27.5 Å². The normalized spacial score (nSPS) is 17.5. The topological polar surface area (TPSA) is 20.3 Å². The van der Waals surface area contributed by atoms with Crippen molar-refractivity contribution in [3.05, 3.63) is 63.9 Å². The predicted molar refractivity (Wildman–Crippen MR) is 85.1 cm³/mol. The van der Waals surface area contributed by atoms with Gasteiger partial charge < -0.3 is 4.90 Å². The molecule has 2 aromatic rings. The number of hydrogen-bond acceptors (Lipinski definition) is 1. The zero-order valence-electron chi connectivity index (χ0n) is 11.6. The molecule has 3 rings (SSSR count). The maximum atomic E-state index is 13.4. The molecule has 2 aromatic carbocycles. The Morgan fingerprint density at radius 1 is 1.24 bits per heavy atom. The van der Waals surface area contributed by atoms with E-state index in [0.29, 0.717) is 5.56 Å². The number of nitrogens with zero attached hydrogens (tertiary/aromatic N) is 1. The lowest BCUT2D eigenvalue weighted by molar-refractivity contribution is 0.0975. The van der Waals surface area contributed by atoms with E-state index >= 15 is 0 Å². The summed E-state index contributed by atoms with van der Waals surface area (Å²) in [5.41, 5.74) is 2.36. The summed E-state index contributed by atoms with van der Waals surface area (Å²) in [5, 5.41) is 0. The smallest absolute Gasteiger partial charge is 0.258 e. The molecule has 2 nitrogen and oxygen atoms in total. The van der Waals surface area contributed by atoms with E-state index in [1.807, 2.05) is 19.1 Å². The highest BCUT2D eigenvalue weighted by Crippen LogP contribution is 2.32. The summed E-state index contributed by atoms with van der Waals surface area (Å²) in [6.45, 7) is 2.03. The highest BCUT2D eigenvalue weighted by atomic mass is 79.9. The molecule has 1 amide bonds. The molecule has 1 aliphatic heterocycles. The van der Waals surface area contributed by atoms with Gasteiger partial charge in [0, 0.05) is 21.8 Å². The van der Waals surface area contributed by atoms with Gasteiger partial charge >= 0.3 is 0 Å². The lowest BCUT2D eigenvalue weighted by atomic mass is 9.95. The van der Waals surface area contributed by atoms with E-state index in [0.717, 1.165) is 28.6 Å². The van der Waals surface area contributed by atoms with Gasteiger partial charge in [-0.3, -0.25) is 4.79 Å². The van der Waals surface area contributed by atoms with Crippen LogP contribution in [0.15, 0.2) is 46.9 Å². The first-order valence-corrected chi connectivity index (χ1v) is 7.73. The van der Waals surface area contributed by atoms with Crippen LogP contribution in [0.1, 0.15) is 29.3 Å². The molecule has 1 atom stereocenters. The molecular formula is C17H15BrFNO. The fraction of sp³-hybridized carbons (Fsp3) is 0.235. The van der Waals surface area contributed by atoms with E-state index in [1.54, 1.807) is 23.1 Å². The Kier molecular flexibility index (Phi) is 3.81. The largest absolute Gasteiger partial charge is 0.305 e. The van der Waals surface area contributed by atoms with Crippen LogP contribution < -0.4 is 4.90 Å². The minimum atomic E-state index is -0.251. The van der Waals surface area contributed by atoms with Gasteiger partial charge in [-0.25, -0.2) is 4.39 Å². The van der Waals surface area contributed by atoms with E-state index in [9.17, 15) is 9.18 Å². The molecule has 0 N–H and O–H groups in total. The van der Waals surface area contributed by atoms with Crippen LogP contribution in [-0.2, 0) is 6.42 Å². The van der Waals surface area contributed by atoms with Crippen LogP contribution in [0, 0.1) is 5.82 Å². The van der Waals surface area contributed by atoms with Gasteiger partial charge in [0.1, 0.15) is 5.82 Å². The number of hydrogen-bond donors (Lipinski definition) is 0. The number of amides is 1. The summed E-state index contributed by atoms with van der Waals surface area (Å²) in [7, 11) is 0. The average molecular weight is 348 g/mol. The second-order valence-corrected chi connectivity index (χ2v) is 6.26. The second kappa shape index (κ2) is 5.60. The van der Waals surface area contributed by atoms with Crippen molar-refractivity contribution in [1.82, 2.24) is 0 Å². The Morgan fingerprint density at radius 3 is 2.67 bits per heavy atom. The molecule has 0 fully saturated rings. The summed E-state index contributed by atoms with van der Waals surface area (Å²) in [4.78, 5) is 14.6. The van der Waals surface area contributed by atoms with Gasteiger partial charge in [-0.05, 0) is 67.8 Å². The van der Waals surface area contributed by atoms with Crippen molar-refractivity contribution in [2.45, 2.75) is 25.8 Å². The van der Waals surface area contributed by atoms with E-state index in [4.69, 9.17) is 0 Å². The summed E-state index contributed by atoms with van der Waals surface area (Å²) in [5.74, 6) is -0.290. The molecule has 0 saturated carbocycles. The Morgan fingerprint density at radius 2 is 1.95 bits per heavy atom. The fourth-order valence-electron chi connectivity index (χ4n) is 2.76. The minimum Gasteiger partial charge on any atom is -0.305 e. The van der Waals surface area contributed by atoms with Crippen LogP contribution >= 0.6 is 15.9 Å². The Bertz CT molecular complexity index is 684. The van der Waals surface area contributed by atoms with E-state index in [1.165, 1.54) is 12.1 Å². The second-order valence-electron chi connectivity index (χ2n) is 5.34. The lowest BCUT2D eigenvalue weighted by Crippen LogP contribution is -2.42. The number of fused-ring (bicyclic) bond motifs is 1. The van der Waals surface area contributed by atoms with Crippen LogP contribution in [0.2, 0.25) is 0 Å². The third-order valence-electron chi connectivity index (χ3n) is 3.88. The molecule has 108 valence electrons. The van der Waals surface area contributed by atoms with Gasteiger partial charge in [0.25, 0.3) is 5.91 Å². The van der Waals surface area contributed by atoms with Crippen LogP contribution in [-0.4, -0.2) is 11.9 Å². The SMILES string of the molecule is CC1CCc2cc(F)ccc2N1C(=O)c1ccc(Br)cc1. The highest BCUT2D eigenvalue weighted by molar-refractivity contribution is 9.10. The van der Waals surface area contributed by atoms with Crippen molar-refractivity contribution in [3.63, 3.8) is 0 Å². The quantitative estimate of drug-likeness (QED) is 0.739. The predicted octanol–water partition coefficient (Wildman–Crippen LogP) is 4.57. The molecular weight excluding hydrogens is 333 g/mol. The summed E-state index contributed by atoms with van der Waals surface area (Å²) < 4.78 is 14.3. The number of carbonyl (C=O) groups is 1. The Balaban J connectivity index is 2.01. The maximum Gasteiger partial charge on any atom is 0.258 e. The van der Waals surface area contributed by atoms with Crippen molar-refractivity contribution in [2.24, 2.45) is 0 Å². The molecule has 0 bridgehead atoms. The van der Waals surface area contributed by atoms with Gasteiger partial charge in [-0.1, -0.05) is 15.9 Å². The number of benzene rings is 2. The first-order valence-electron chi connectivity index (χ1n) is 6.94. The molecule has 4 heteroatoms. The van der Waals surface area contributed by atoms with Crippen molar-refractivity contribution < 1.29 is 9.18 Å². The third-order valence-corrected chi connectivity index (χ3v) is 4.41. The van der Waals surface area contributed by atoms with Crippen LogP contribution in [0.5, 0.6) is 0 Å². The highest BCUT2D eigenvalue weighted by Gasteiger charge is 2.29. The first kappa shape index (κ1) is 14.3. The summed E-state index contributed by atoms with van der Waals surface area (Å²) in [6, 6.07) is 12.1. The standard InChI is InChI=1S/C17H15BrFNO/c1-11-2-3-13-10-15(19)8-9-16(13)20(11)17(21)12-4-6-14(18)7-5-12/h4-11H,2-3H2,1H3. The van der Waals surface area contributed by atoms with Gasteiger partial charge in [-0.2, -0.15) is 0 Å². The molecule has 0 aromatic heterocycles. The number of carbonyl (C=O) groups excluding carboxylic acids is 1. The average Bonchev–Trinajstić information content (AvgIpc) is 2.47. The number of aryl methyl sites for hydroxylation is 1. The minimum absolute atomic E-state index is 0.0393. The fourth-order valence-corrected chi connectivity index (χ4v) is 3.03.